The molecule has 8 nitrogen and oxygen atoms in total. The first-order valence-electron chi connectivity index (χ1n) is 5.84. The Morgan fingerprint density at radius 2 is 2.26 bits per heavy atom. The second-order valence-corrected chi connectivity index (χ2v) is 4.12. The highest BCUT2D eigenvalue weighted by Gasteiger charge is 2.20. The Labute approximate surface area is 110 Å². The number of aromatic nitrogens is 2. The van der Waals surface area contributed by atoms with Crippen molar-refractivity contribution in [1.29, 1.82) is 0 Å². The van der Waals surface area contributed by atoms with Gasteiger partial charge < -0.3 is 25.8 Å². The Morgan fingerprint density at radius 3 is 2.79 bits per heavy atom. The van der Waals surface area contributed by atoms with Crippen LogP contribution in [-0.2, 0) is 16.0 Å². The van der Waals surface area contributed by atoms with Gasteiger partial charge >= 0.3 is 0 Å². The van der Waals surface area contributed by atoms with Crippen molar-refractivity contribution < 1.29 is 19.8 Å². The standard InChI is InChI=1S/C11H18N4O4/c1-7(17)15-10(2-8-3-12-6-14-8)11(19)13-4-9(18)5-16/h3,6,9-10,16,18H,2,4-5H2,1H3,(H,12,14)(H,13,19)(H,15,17). The van der Waals surface area contributed by atoms with E-state index < -0.39 is 24.7 Å². The van der Waals surface area contributed by atoms with E-state index in [2.05, 4.69) is 20.6 Å². The van der Waals surface area contributed by atoms with Gasteiger partial charge in [0.25, 0.3) is 0 Å². The number of nitrogens with zero attached hydrogens (tertiary/aromatic N) is 1. The number of amides is 2. The number of hydrogen-bond donors (Lipinski definition) is 5. The molecule has 0 aromatic carbocycles. The molecule has 0 aliphatic rings. The van der Waals surface area contributed by atoms with E-state index >= 15 is 0 Å². The van der Waals surface area contributed by atoms with Crippen LogP contribution in [-0.4, -0.2) is 57.3 Å². The third-order valence-electron chi connectivity index (χ3n) is 2.40. The van der Waals surface area contributed by atoms with Crippen molar-refractivity contribution in [3.8, 4) is 0 Å². The largest absolute Gasteiger partial charge is 0.394 e. The topological polar surface area (TPSA) is 127 Å². The first-order valence-corrected chi connectivity index (χ1v) is 5.84. The molecule has 1 aromatic heterocycles. The molecule has 0 saturated heterocycles. The molecule has 19 heavy (non-hydrogen) atoms. The Balaban J connectivity index is 2.57. The molecule has 0 aliphatic carbocycles. The summed E-state index contributed by atoms with van der Waals surface area (Å²) in [6, 6.07) is -0.760. The van der Waals surface area contributed by atoms with Crippen molar-refractivity contribution in [2.75, 3.05) is 13.2 Å². The maximum Gasteiger partial charge on any atom is 0.243 e. The molecular weight excluding hydrogens is 252 g/mol. The van der Waals surface area contributed by atoms with Crippen molar-refractivity contribution in [1.82, 2.24) is 20.6 Å². The van der Waals surface area contributed by atoms with E-state index in [1.807, 2.05) is 0 Å². The zero-order valence-corrected chi connectivity index (χ0v) is 10.6. The van der Waals surface area contributed by atoms with Gasteiger partial charge in [0.1, 0.15) is 6.04 Å². The lowest BCUT2D eigenvalue weighted by Gasteiger charge is -2.18. The fraction of sp³-hybridized carbons (Fsp3) is 0.545. The highest BCUT2D eigenvalue weighted by Crippen LogP contribution is 1.99. The maximum atomic E-state index is 11.9. The third kappa shape index (κ3) is 5.49. The number of H-pyrrole nitrogens is 1. The van der Waals surface area contributed by atoms with Crippen LogP contribution >= 0.6 is 0 Å². The molecule has 8 heteroatoms. The third-order valence-corrected chi connectivity index (χ3v) is 2.40. The number of nitrogens with one attached hydrogen (secondary N) is 3. The lowest BCUT2D eigenvalue weighted by Crippen LogP contribution is -2.49. The van der Waals surface area contributed by atoms with E-state index in [-0.39, 0.29) is 18.9 Å². The Kier molecular flexibility index (Phi) is 5.97. The van der Waals surface area contributed by atoms with Gasteiger partial charge in [-0.3, -0.25) is 9.59 Å². The van der Waals surface area contributed by atoms with Crippen LogP contribution in [0.3, 0.4) is 0 Å². The monoisotopic (exact) mass is 270 g/mol. The molecule has 1 heterocycles. The number of carbonyl (C=O) groups excluding carboxylic acids is 2. The average Bonchev–Trinajstić information content (AvgIpc) is 2.87. The number of aliphatic hydroxyl groups is 2. The number of imidazole rings is 1. The molecule has 106 valence electrons. The summed E-state index contributed by atoms with van der Waals surface area (Å²) in [7, 11) is 0. The molecule has 5 N–H and O–H groups in total. The molecule has 1 rings (SSSR count). The maximum absolute atomic E-state index is 11.9. The summed E-state index contributed by atoms with van der Waals surface area (Å²) in [6.45, 7) is 0.801. The van der Waals surface area contributed by atoms with Gasteiger partial charge in [0.2, 0.25) is 11.8 Å². The SMILES string of the molecule is CC(=O)NC(Cc1cnc[nH]1)C(=O)NCC(O)CO. The minimum atomic E-state index is -1.02. The minimum Gasteiger partial charge on any atom is -0.394 e. The first-order chi connectivity index (χ1) is 9.02. The number of carbonyl (C=O) groups is 2. The van der Waals surface area contributed by atoms with Crippen molar-refractivity contribution >= 4 is 11.8 Å². The van der Waals surface area contributed by atoms with E-state index in [1.54, 1.807) is 6.20 Å². The fourth-order valence-corrected chi connectivity index (χ4v) is 1.48. The fourth-order valence-electron chi connectivity index (χ4n) is 1.48. The zero-order valence-electron chi connectivity index (χ0n) is 10.6. The Hall–Kier alpha value is -1.93. The molecule has 2 unspecified atom stereocenters. The summed E-state index contributed by atoms with van der Waals surface area (Å²) in [6.07, 6.45) is 2.29. The molecule has 0 bridgehead atoms. The van der Waals surface area contributed by atoms with E-state index in [1.165, 1.54) is 13.3 Å². The predicted molar refractivity (Wildman–Crippen MR) is 66.0 cm³/mol. The molecule has 0 spiro atoms. The smallest absolute Gasteiger partial charge is 0.243 e. The molecule has 0 saturated carbocycles. The van der Waals surface area contributed by atoms with Gasteiger partial charge in [0.15, 0.2) is 0 Å². The molecule has 2 atom stereocenters. The van der Waals surface area contributed by atoms with Crippen molar-refractivity contribution in [3.63, 3.8) is 0 Å². The van der Waals surface area contributed by atoms with Gasteiger partial charge in [-0.15, -0.1) is 0 Å². The van der Waals surface area contributed by atoms with E-state index in [0.717, 1.165) is 0 Å². The van der Waals surface area contributed by atoms with Crippen LogP contribution in [0.1, 0.15) is 12.6 Å². The van der Waals surface area contributed by atoms with Gasteiger partial charge in [0.05, 0.1) is 19.0 Å². The lowest BCUT2D eigenvalue weighted by molar-refractivity contribution is -0.128. The van der Waals surface area contributed by atoms with E-state index in [4.69, 9.17) is 10.2 Å². The van der Waals surface area contributed by atoms with Crippen LogP contribution in [0.2, 0.25) is 0 Å². The van der Waals surface area contributed by atoms with Gasteiger partial charge in [-0.1, -0.05) is 0 Å². The van der Waals surface area contributed by atoms with Gasteiger partial charge in [-0.05, 0) is 0 Å². The average molecular weight is 270 g/mol. The van der Waals surface area contributed by atoms with E-state index in [9.17, 15) is 9.59 Å². The quantitative estimate of drug-likeness (QED) is 0.389. The zero-order chi connectivity index (χ0) is 14.3. The predicted octanol–water partition coefficient (Wildman–Crippen LogP) is -2.07. The number of hydrogen-bond acceptors (Lipinski definition) is 5. The van der Waals surface area contributed by atoms with Crippen LogP contribution in [0.5, 0.6) is 0 Å². The highest BCUT2D eigenvalue weighted by molar-refractivity contribution is 5.87. The van der Waals surface area contributed by atoms with Crippen LogP contribution in [0.4, 0.5) is 0 Å². The van der Waals surface area contributed by atoms with Crippen LogP contribution in [0, 0.1) is 0 Å². The molecular formula is C11H18N4O4. The summed E-state index contributed by atoms with van der Waals surface area (Å²) >= 11 is 0. The lowest BCUT2D eigenvalue weighted by atomic mass is 10.1. The Morgan fingerprint density at radius 1 is 1.53 bits per heavy atom. The molecule has 0 fully saturated rings. The summed E-state index contributed by atoms with van der Waals surface area (Å²) in [5.74, 6) is -0.764. The van der Waals surface area contributed by atoms with Crippen molar-refractivity contribution in [2.45, 2.75) is 25.5 Å². The Bertz CT molecular complexity index is 407. The summed E-state index contributed by atoms with van der Waals surface area (Å²) in [5.41, 5.74) is 0.705. The molecule has 0 radical (unpaired) electrons. The van der Waals surface area contributed by atoms with Gasteiger partial charge in [0, 0.05) is 31.8 Å². The molecule has 2 amide bonds. The van der Waals surface area contributed by atoms with Crippen LogP contribution < -0.4 is 10.6 Å². The minimum absolute atomic E-state index is 0.0750. The number of aliphatic hydroxyl groups excluding tert-OH is 2. The number of aromatic amines is 1. The van der Waals surface area contributed by atoms with Gasteiger partial charge in [-0.2, -0.15) is 0 Å². The summed E-state index contributed by atoms with van der Waals surface area (Å²) in [5, 5.41) is 22.8. The molecule has 0 aliphatic heterocycles. The van der Waals surface area contributed by atoms with Crippen molar-refractivity contribution in [2.24, 2.45) is 0 Å². The van der Waals surface area contributed by atoms with E-state index in [0.29, 0.717) is 5.69 Å². The van der Waals surface area contributed by atoms with Crippen molar-refractivity contribution in [3.05, 3.63) is 18.2 Å². The van der Waals surface area contributed by atoms with Crippen LogP contribution in [0.25, 0.3) is 0 Å². The second kappa shape index (κ2) is 7.49. The van der Waals surface area contributed by atoms with Crippen LogP contribution in [0.15, 0.2) is 12.5 Å². The molecule has 1 aromatic rings. The second-order valence-electron chi connectivity index (χ2n) is 4.12. The van der Waals surface area contributed by atoms with Gasteiger partial charge in [-0.25, -0.2) is 4.98 Å². The first kappa shape index (κ1) is 15.1. The number of rotatable bonds is 7. The highest BCUT2D eigenvalue weighted by atomic mass is 16.3. The summed E-state index contributed by atoms with van der Waals surface area (Å²) in [4.78, 5) is 29.6. The summed E-state index contributed by atoms with van der Waals surface area (Å²) < 4.78 is 0. The normalized spacial score (nSPS) is 13.6.